The molecule has 6 nitrogen and oxygen atoms in total. The summed E-state index contributed by atoms with van der Waals surface area (Å²) in [6, 6.07) is 14.7. The van der Waals surface area contributed by atoms with Gasteiger partial charge in [-0.1, -0.05) is 55.3 Å². The van der Waals surface area contributed by atoms with Crippen LogP contribution in [0.5, 0.6) is 5.75 Å². The van der Waals surface area contributed by atoms with E-state index in [1.54, 1.807) is 0 Å². The maximum atomic E-state index is 12.6. The van der Waals surface area contributed by atoms with Gasteiger partial charge in [-0.15, -0.1) is 0 Å². The summed E-state index contributed by atoms with van der Waals surface area (Å²) in [7, 11) is -3.61. The topological polar surface area (TPSA) is 75.7 Å². The monoisotopic (exact) mass is 478 g/mol. The Hall–Kier alpha value is -2.09. The average molecular weight is 479 g/mol. The smallest absolute Gasteiger partial charge is 0.260 e. The molecule has 3 rings (SSSR count). The molecule has 2 aromatic carbocycles. The third-order valence-corrected chi connectivity index (χ3v) is 7.48. The number of hydrogen-bond acceptors (Lipinski definition) is 4. The van der Waals surface area contributed by atoms with Crippen LogP contribution in [0.25, 0.3) is 0 Å². The number of halogens is 1. The zero-order chi connectivity index (χ0) is 23.0. The van der Waals surface area contributed by atoms with Gasteiger partial charge in [0.15, 0.2) is 6.61 Å². The van der Waals surface area contributed by atoms with Crippen molar-refractivity contribution < 1.29 is 17.9 Å². The van der Waals surface area contributed by atoms with Crippen molar-refractivity contribution in [2.24, 2.45) is 5.92 Å². The first-order valence-corrected chi connectivity index (χ1v) is 13.0. The van der Waals surface area contributed by atoms with E-state index in [2.05, 4.69) is 29.0 Å². The summed E-state index contributed by atoms with van der Waals surface area (Å²) in [5.41, 5.74) is 1.33. The van der Waals surface area contributed by atoms with Gasteiger partial charge in [0.1, 0.15) is 5.75 Å². The molecule has 174 valence electrons. The van der Waals surface area contributed by atoms with Crippen molar-refractivity contribution in [3.63, 3.8) is 0 Å². The van der Waals surface area contributed by atoms with Gasteiger partial charge in [-0.05, 0) is 55.4 Å². The highest BCUT2D eigenvalue weighted by molar-refractivity contribution is 7.89. The summed E-state index contributed by atoms with van der Waals surface area (Å²) in [6.07, 6.45) is 4.64. The highest BCUT2D eigenvalue weighted by atomic mass is 35.5. The van der Waals surface area contributed by atoms with E-state index in [-0.39, 0.29) is 22.4 Å². The second-order valence-corrected chi connectivity index (χ2v) is 10.3. The number of rotatable bonds is 10. The summed E-state index contributed by atoms with van der Waals surface area (Å²) in [6.45, 7) is 3.68. The first-order valence-electron chi connectivity index (χ1n) is 11.1. The Kier molecular flexibility index (Phi) is 8.96. The SMILES string of the molecule is CCCCNS(=O)(=O)c1ccc(OCC(=O)N2CCC(Cc3ccccc3)CC2)c(Cl)c1. The van der Waals surface area contributed by atoms with E-state index in [9.17, 15) is 13.2 Å². The molecule has 1 N–H and O–H groups in total. The first-order chi connectivity index (χ1) is 15.4. The summed E-state index contributed by atoms with van der Waals surface area (Å²) in [5, 5.41) is 0.165. The Balaban J connectivity index is 1.47. The summed E-state index contributed by atoms with van der Waals surface area (Å²) in [5.74, 6) is 0.792. The molecule has 8 heteroatoms. The number of piperidine rings is 1. The quantitative estimate of drug-likeness (QED) is 0.517. The van der Waals surface area contributed by atoms with Gasteiger partial charge in [-0.25, -0.2) is 13.1 Å². The minimum atomic E-state index is -3.61. The van der Waals surface area contributed by atoms with E-state index < -0.39 is 10.0 Å². The number of likely N-dealkylation sites (tertiary alicyclic amines) is 1. The van der Waals surface area contributed by atoms with E-state index in [0.29, 0.717) is 31.3 Å². The van der Waals surface area contributed by atoms with Crippen molar-refractivity contribution in [1.29, 1.82) is 0 Å². The number of ether oxygens (including phenoxy) is 1. The second-order valence-electron chi connectivity index (χ2n) is 8.15. The molecule has 0 spiro atoms. The molecule has 1 saturated heterocycles. The predicted octanol–water partition coefficient (Wildman–Crippen LogP) is 4.28. The second kappa shape index (κ2) is 11.7. The van der Waals surface area contributed by atoms with E-state index in [4.69, 9.17) is 16.3 Å². The van der Waals surface area contributed by atoms with E-state index >= 15 is 0 Å². The fourth-order valence-electron chi connectivity index (χ4n) is 3.80. The number of amides is 1. The average Bonchev–Trinajstić information content (AvgIpc) is 2.79. The van der Waals surface area contributed by atoms with Gasteiger partial charge in [0.2, 0.25) is 10.0 Å². The summed E-state index contributed by atoms with van der Waals surface area (Å²) < 4.78 is 32.8. The molecule has 1 heterocycles. The minimum Gasteiger partial charge on any atom is -0.482 e. The number of unbranched alkanes of at least 4 members (excludes halogenated alkanes) is 1. The Morgan fingerprint density at radius 3 is 2.53 bits per heavy atom. The normalized spacial score (nSPS) is 15.0. The molecule has 2 aromatic rings. The van der Waals surface area contributed by atoms with Crippen molar-refractivity contribution in [2.45, 2.75) is 43.9 Å². The number of sulfonamides is 1. The number of hydrogen-bond donors (Lipinski definition) is 1. The van der Waals surface area contributed by atoms with Crippen LogP contribution >= 0.6 is 11.6 Å². The number of nitrogens with zero attached hydrogens (tertiary/aromatic N) is 1. The number of carbonyl (C=O) groups is 1. The van der Waals surface area contributed by atoms with Crippen molar-refractivity contribution in [3.05, 3.63) is 59.1 Å². The third-order valence-electron chi connectivity index (χ3n) is 5.72. The van der Waals surface area contributed by atoms with Crippen molar-refractivity contribution in [3.8, 4) is 5.75 Å². The zero-order valence-electron chi connectivity index (χ0n) is 18.4. The highest BCUT2D eigenvalue weighted by Gasteiger charge is 2.23. The Bertz CT molecular complexity index is 990. The Labute approximate surface area is 196 Å². The van der Waals surface area contributed by atoms with Crippen molar-refractivity contribution in [2.75, 3.05) is 26.2 Å². The lowest BCUT2D eigenvalue weighted by molar-refractivity contribution is -0.134. The molecule has 0 radical (unpaired) electrons. The lowest BCUT2D eigenvalue weighted by Gasteiger charge is -2.32. The lowest BCUT2D eigenvalue weighted by Crippen LogP contribution is -2.41. The molecular formula is C24H31ClN2O4S. The van der Waals surface area contributed by atoms with Gasteiger partial charge in [0.25, 0.3) is 5.91 Å². The summed E-state index contributed by atoms with van der Waals surface area (Å²) in [4.78, 5) is 14.5. The molecular weight excluding hydrogens is 448 g/mol. The van der Waals surface area contributed by atoms with Gasteiger partial charge in [0, 0.05) is 19.6 Å². The summed E-state index contributed by atoms with van der Waals surface area (Å²) >= 11 is 6.22. The molecule has 0 aromatic heterocycles. The van der Waals surface area contributed by atoms with E-state index in [1.807, 2.05) is 17.9 Å². The first kappa shape index (κ1) is 24.6. The van der Waals surface area contributed by atoms with Crippen molar-refractivity contribution >= 4 is 27.5 Å². The van der Waals surface area contributed by atoms with Crippen LogP contribution in [0.15, 0.2) is 53.4 Å². The molecule has 0 saturated carbocycles. The molecule has 0 aliphatic carbocycles. The molecule has 0 atom stereocenters. The van der Waals surface area contributed by atoms with Crippen LogP contribution in [0.4, 0.5) is 0 Å². The number of nitrogens with one attached hydrogen (secondary N) is 1. The Morgan fingerprint density at radius 2 is 1.88 bits per heavy atom. The van der Waals surface area contributed by atoms with Gasteiger partial charge in [0.05, 0.1) is 9.92 Å². The van der Waals surface area contributed by atoms with Gasteiger partial charge < -0.3 is 9.64 Å². The highest BCUT2D eigenvalue weighted by Crippen LogP contribution is 2.28. The molecule has 1 fully saturated rings. The third kappa shape index (κ3) is 6.95. The standard InChI is InChI=1S/C24H31ClN2O4S/c1-2-3-13-26-32(29,30)21-9-10-23(22(25)17-21)31-18-24(28)27-14-11-20(12-15-27)16-19-7-5-4-6-8-19/h4-10,17,20,26H,2-3,11-16,18H2,1H3. The number of carbonyl (C=O) groups excluding carboxylic acids is 1. The van der Waals surface area contributed by atoms with Crippen LogP contribution in [-0.4, -0.2) is 45.5 Å². The maximum Gasteiger partial charge on any atom is 0.260 e. The lowest BCUT2D eigenvalue weighted by atomic mass is 9.90. The molecule has 32 heavy (non-hydrogen) atoms. The predicted molar refractivity (Wildman–Crippen MR) is 126 cm³/mol. The van der Waals surface area contributed by atoms with Crippen LogP contribution < -0.4 is 9.46 Å². The van der Waals surface area contributed by atoms with E-state index in [0.717, 1.165) is 32.1 Å². The van der Waals surface area contributed by atoms with Gasteiger partial charge in [-0.3, -0.25) is 4.79 Å². The van der Waals surface area contributed by atoms with Crippen molar-refractivity contribution in [1.82, 2.24) is 9.62 Å². The fourth-order valence-corrected chi connectivity index (χ4v) is 5.20. The van der Waals surface area contributed by atoms with E-state index in [1.165, 1.54) is 23.8 Å². The van der Waals surface area contributed by atoms with Crippen LogP contribution in [-0.2, 0) is 21.2 Å². The van der Waals surface area contributed by atoms with Crippen LogP contribution in [0.2, 0.25) is 5.02 Å². The van der Waals surface area contributed by atoms with Crippen LogP contribution in [0.3, 0.4) is 0 Å². The molecule has 1 amide bonds. The van der Waals surface area contributed by atoms with Gasteiger partial charge in [-0.2, -0.15) is 0 Å². The minimum absolute atomic E-state index is 0.0813. The Morgan fingerprint density at radius 1 is 1.16 bits per heavy atom. The molecule has 1 aliphatic rings. The molecule has 1 aliphatic heterocycles. The molecule has 0 unspecified atom stereocenters. The molecule has 0 bridgehead atoms. The largest absolute Gasteiger partial charge is 0.482 e. The van der Waals surface area contributed by atoms with Gasteiger partial charge >= 0.3 is 0 Å². The van der Waals surface area contributed by atoms with Crippen LogP contribution in [0, 0.1) is 5.92 Å². The maximum absolute atomic E-state index is 12.6. The number of benzene rings is 2. The fraction of sp³-hybridized carbons (Fsp3) is 0.458. The zero-order valence-corrected chi connectivity index (χ0v) is 20.0. The van der Waals surface area contributed by atoms with Crippen LogP contribution in [0.1, 0.15) is 38.2 Å².